The lowest BCUT2D eigenvalue weighted by Gasteiger charge is -2.15. The number of hydrogen-bond acceptors (Lipinski definition) is 6. The summed E-state index contributed by atoms with van der Waals surface area (Å²) in [6, 6.07) is 15.5. The van der Waals surface area contributed by atoms with E-state index < -0.39 is 0 Å². The molecule has 0 aliphatic rings. The monoisotopic (exact) mass is 507 g/mol. The maximum atomic E-state index is 13.2. The summed E-state index contributed by atoms with van der Waals surface area (Å²) < 4.78 is 8.04. The van der Waals surface area contributed by atoms with Crippen molar-refractivity contribution in [3.8, 4) is 16.3 Å². The number of benzene rings is 3. The normalized spacial score (nSPS) is 11.2. The molecular formula is C23H18BrN5O2S. The third kappa shape index (κ3) is 3.43. The Bertz CT molecular complexity index is 1510. The van der Waals surface area contributed by atoms with Crippen LogP contribution in [0, 0.1) is 13.8 Å². The first kappa shape index (κ1) is 20.6. The SMILES string of the molecule is COc1c(C(=O)Nc2ccc(-c3nn4c(C)nnc4s3)cc2C)cc2ccccc2c1Br. The van der Waals surface area contributed by atoms with Crippen LogP contribution in [0.2, 0.25) is 0 Å². The standard InChI is InChI=1S/C23H18BrN5O2S/c1-12-10-15(22-28-29-13(2)26-27-23(29)32-22)8-9-18(12)25-21(30)17-11-14-6-4-5-7-16(14)19(24)20(17)31-3/h4-11H,1-3H3,(H,25,30). The molecule has 160 valence electrons. The molecule has 0 aliphatic heterocycles. The van der Waals surface area contributed by atoms with Gasteiger partial charge in [-0.25, -0.2) is 0 Å². The third-order valence-electron chi connectivity index (χ3n) is 5.26. The summed E-state index contributed by atoms with van der Waals surface area (Å²) >= 11 is 5.06. The van der Waals surface area contributed by atoms with Gasteiger partial charge in [-0.1, -0.05) is 35.6 Å². The second kappa shape index (κ2) is 7.99. The van der Waals surface area contributed by atoms with Crippen molar-refractivity contribution < 1.29 is 9.53 Å². The smallest absolute Gasteiger partial charge is 0.259 e. The van der Waals surface area contributed by atoms with Crippen LogP contribution in [-0.4, -0.2) is 32.8 Å². The molecular weight excluding hydrogens is 490 g/mol. The molecule has 0 fully saturated rings. The number of carbonyl (C=O) groups excluding carboxylic acids is 1. The molecule has 0 atom stereocenters. The quantitative estimate of drug-likeness (QED) is 0.340. The summed E-state index contributed by atoms with van der Waals surface area (Å²) in [6.07, 6.45) is 0. The van der Waals surface area contributed by atoms with Gasteiger partial charge >= 0.3 is 0 Å². The van der Waals surface area contributed by atoms with Gasteiger partial charge < -0.3 is 10.1 Å². The van der Waals surface area contributed by atoms with Gasteiger partial charge in [-0.15, -0.1) is 10.2 Å². The molecule has 1 amide bonds. The van der Waals surface area contributed by atoms with Crippen LogP contribution in [0.1, 0.15) is 21.7 Å². The number of nitrogens with one attached hydrogen (secondary N) is 1. The van der Waals surface area contributed by atoms with Crippen molar-refractivity contribution in [2.75, 3.05) is 12.4 Å². The van der Waals surface area contributed by atoms with E-state index in [0.29, 0.717) is 11.3 Å². The zero-order valence-corrected chi connectivity index (χ0v) is 19.9. The van der Waals surface area contributed by atoms with Crippen molar-refractivity contribution >= 4 is 54.6 Å². The maximum absolute atomic E-state index is 13.2. The van der Waals surface area contributed by atoms with E-state index in [-0.39, 0.29) is 5.91 Å². The highest BCUT2D eigenvalue weighted by atomic mass is 79.9. The molecule has 0 aliphatic carbocycles. The topological polar surface area (TPSA) is 81.4 Å². The number of halogens is 1. The van der Waals surface area contributed by atoms with E-state index in [2.05, 4.69) is 36.5 Å². The lowest BCUT2D eigenvalue weighted by atomic mass is 10.0. The number of hydrogen-bond donors (Lipinski definition) is 1. The van der Waals surface area contributed by atoms with Gasteiger partial charge in [0.1, 0.15) is 10.8 Å². The van der Waals surface area contributed by atoms with E-state index >= 15 is 0 Å². The average molecular weight is 508 g/mol. The van der Waals surface area contributed by atoms with Crippen molar-refractivity contribution in [1.29, 1.82) is 0 Å². The Morgan fingerprint density at radius 3 is 2.69 bits per heavy atom. The Labute approximate surface area is 196 Å². The first-order valence-electron chi connectivity index (χ1n) is 9.82. The highest BCUT2D eigenvalue weighted by Gasteiger charge is 2.19. The molecule has 3 aromatic carbocycles. The van der Waals surface area contributed by atoms with Gasteiger partial charge in [0, 0.05) is 11.3 Å². The minimum absolute atomic E-state index is 0.237. The summed E-state index contributed by atoms with van der Waals surface area (Å²) in [5.74, 6) is 1.02. The predicted octanol–water partition coefficient (Wildman–Crippen LogP) is 5.65. The number of fused-ring (bicyclic) bond motifs is 2. The van der Waals surface area contributed by atoms with Gasteiger partial charge in [-0.3, -0.25) is 4.79 Å². The molecule has 9 heteroatoms. The minimum atomic E-state index is -0.237. The van der Waals surface area contributed by atoms with Crippen LogP contribution < -0.4 is 10.1 Å². The van der Waals surface area contributed by atoms with Crippen molar-refractivity contribution in [3.05, 3.63) is 70.0 Å². The molecule has 0 radical (unpaired) electrons. The highest BCUT2D eigenvalue weighted by molar-refractivity contribution is 9.10. The van der Waals surface area contributed by atoms with Crippen molar-refractivity contribution in [3.63, 3.8) is 0 Å². The van der Waals surface area contributed by atoms with Gasteiger partial charge in [-0.2, -0.15) is 9.61 Å². The molecule has 2 heterocycles. The molecule has 32 heavy (non-hydrogen) atoms. The van der Waals surface area contributed by atoms with E-state index in [4.69, 9.17) is 4.74 Å². The maximum Gasteiger partial charge on any atom is 0.259 e. The summed E-state index contributed by atoms with van der Waals surface area (Å²) in [5, 5.41) is 18.5. The molecule has 0 spiro atoms. The summed E-state index contributed by atoms with van der Waals surface area (Å²) in [4.78, 5) is 13.9. The molecule has 0 unspecified atom stereocenters. The molecule has 0 saturated heterocycles. The molecule has 5 aromatic rings. The third-order valence-corrected chi connectivity index (χ3v) is 6.99. The Hall–Kier alpha value is -3.30. The van der Waals surface area contributed by atoms with Gasteiger partial charge in [0.15, 0.2) is 5.82 Å². The van der Waals surface area contributed by atoms with Crippen LogP contribution >= 0.6 is 27.3 Å². The summed E-state index contributed by atoms with van der Waals surface area (Å²) in [7, 11) is 1.56. The Morgan fingerprint density at radius 1 is 1.12 bits per heavy atom. The lowest BCUT2D eigenvalue weighted by Crippen LogP contribution is -2.14. The van der Waals surface area contributed by atoms with Crippen molar-refractivity contribution in [2.24, 2.45) is 0 Å². The van der Waals surface area contributed by atoms with E-state index in [0.717, 1.165) is 47.9 Å². The van der Waals surface area contributed by atoms with Crippen LogP contribution in [-0.2, 0) is 0 Å². The Morgan fingerprint density at radius 2 is 1.94 bits per heavy atom. The summed E-state index contributed by atoms with van der Waals surface area (Å²) in [5.41, 5.74) is 3.08. The Kier molecular flexibility index (Phi) is 5.15. The number of carbonyl (C=O) groups is 1. The minimum Gasteiger partial charge on any atom is -0.495 e. The largest absolute Gasteiger partial charge is 0.495 e. The number of rotatable bonds is 4. The van der Waals surface area contributed by atoms with Gasteiger partial charge in [0.2, 0.25) is 4.96 Å². The number of aryl methyl sites for hydroxylation is 2. The summed E-state index contributed by atoms with van der Waals surface area (Å²) in [6.45, 7) is 3.82. The van der Waals surface area contributed by atoms with E-state index in [9.17, 15) is 4.79 Å². The Balaban J connectivity index is 1.47. The second-order valence-electron chi connectivity index (χ2n) is 7.33. The fourth-order valence-corrected chi connectivity index (χ4v) is 5.23. The van der Waals surface area contributed by atoms with E-state index in [1.165, 1.54) is 11.3 Å². The highest BCUT2D eigenvalue weighted by Crippen LogP contribution is 2.37. The fraction of sp³-hybridized carbons (Fsp3) is 0.130. The fourth-order valence-electron chi connectivity index (χ4n) is 3.61. The van der Waals surface area contributed by atoms with Gasteiger partial charge in [0.05, 0.1) is 17.1 Å². The molecule has 2 aromatic heterocycles. The molecule has 5 rings (SSSR count). The first-order valence-corrected chi connectivity index (χ1v) is 11.4. The van der Waals surface area contributed by atoms with Crippen molar-refractivity contribution in [1.82, 2.24) is 19.8 Å². The van der Waals surface area contributed by atoms with Crippen LogP contribution in [0.5, 0.6) is 5.75 Å². The van der Waals surface area contributed by atoms with Crippen molar-refractivity contribution in [2.45, 2.75) is 13.8 Å². The van der Waals surface area contributed by atoms with Crippen LogP contribution in [0.4, 0.5) is 5.69 Å². The lowest BCUT2D eigenvalue weighted by molar-refractivity contribution is 0.102. The zero-order chi connectivity index (χ0) is 22.4. The van der Waals surface area contributed by atoms with E-state index in [1.807, 2.05) is 62.4 Å². The number of nitrogens with zero attached hydrogens (tertiary/aromatic N) is 4. The molecule has 0 saturated carbocycles. The van der Waals surface area contributed by atoms with Crippen LogP contribution in [0.25, 0.3) is 26.3 Å². The number of amides is 1. The predicted molar refractivity (Wildman–Crippen MR) is 130 cm³/mol. The molecule has 0 bridgehead atoms. The van der Waals surface area contributed by atoms with Crippen LogP contribution in [0.3, 0.4) is 0 Å². The van der Waals surface area contributed by atoms with Crippen LogP contribution in [0.15, 0.2) is 53.0 Å². The first-order chi connectivity index (χ1) is 15.5. The number of aromatic nitrogens is 4. The average Bonchev–Trinajstić information content (AvgIpc) is 3.37. The number of methoxy groups -OCH3 is 1. The molecule has 1 N–H and O–H groups in total. The zero-order valence-electron chi connectivity index (χ0n) is 17.5. The second-order valence-corrected chi connectivity index (χ2v) is 9.07. The number of anilines is 1. The molecule has 7 nitrogen and oxygen atoms in total. The van der Waals surface area contributed by atoms with E-state index in [1.54, 1.807) is 11.6 Å². The van der Waals surface area contributed by atoms with Gasteiger partial charge in [0.25, 0.3) is 5.91 Å². The van der Waals surface area contributed by atoms with Gasteiger partial charge in [-0.05, 0) is 70.4 Å². The number of ether oxygens (including phenoxy) is 1.